The van der Waals surface area contributed by atoms with E-state index in [2.05, 4.69) is 33.1 Å². The lowest BCUT2D eigenvalue weighted by molar-refractivity contribution is -0.125. The van der Waals surface area contributed by atoms with Crippen LogP contribution in [0.5, 0.6) is 0 Å². The SMILES string of the molecule is CC(=O)Nc1ccc(/C=C/C(=O)N(C)Cc2cc3ccccc3n2C)cn1. The highest BCUT2D eigenvalue weighted by atomic mass is 16.2. The van der Waals surface area contributed by atoms with Crippen molar-refractivity contribution >= 4 is 34.6 Å². The summed E-state index contributed by atoms with van der Waals surface area (Å²) in [5.74, 6) is 0.223. The third kappa shape index (κ3) is 4.41. The largest absolute Gasteiger partial charge is 0.346 e. The van der Waals surface area contributed by atoms with Gasteiger partial charge in [-0.3, -0.25) is 9.59 Å². The molecule has 27 heavy (non-hydrogen) atoms. The van der Waals surface area contributed by atoms with Crippen molar-refractivity contribution in [2.75, 3.05) is 12.4 Å². The van der Waals surface area contributed by atoms with E-state index in [0.29, 0.717) is 12.4 Å². The van der Waals surface area contributed by atoms with Crippen molar-refractivity contribution in [2.24, 2.45) is 7.05 Å². The van der Waals surface area contributed by atoms with E-state index in [1.165, 1.54) is 13.0 Å². The van der Waals surface area contributed by atoms with E-state index in [9.17, 15) is 9.59 Å². The minimum Gasteiger partial charge on any atom is -0.346 e. The third-order valence-electron chi connectivity index (χ3n) is 4.34. The molecular weight excluding hydrogens is 340 g/mol. The number of rotatable bonds is 5. The molecule has 2 heterocycles. The molecule has 0 saturated carbocycles. The number of benzene rings is 1. The van der Waals surface area contributed by atoms with Crippen LogP contribution in [0.15, 0.2) is 54.7 Å². The summed E-state index contributed by atoms with van der Waals surface area (Å²) in [6.07, 6.45) is 4.85. The molecule has 0 unspecified atom stereocenters. The number of pyridine rings is 1. The quantitative estimate of drug-likeness (QED) is 0.709. The summed E-state index contributed by atoms with van der Waals surface area (Å²) in [5.41, 5.74) is 3.01. The highest BCUT2D eigenvalue weighted by molar-refractivity contribution is 5.92. The lowest BCUT2D eigenvalue weighted by Crippen LogP contribution is -2.25. The molecule has 2 aromatic heterocycles. The van der Waals surface area contributed by atoms with Gasteiger partial charge in [0.2, 0.25) is 11.8 Å². The van der Waals surface area contributed by atoms with Crippen molar-refractivity contribution in [2.45, 2.75) is 13.5 Å². The maximum Gasteiger partial charge on any atom is 0.246 e. The fraction of sp³-hybridized carbons (Fsp3) is 0.190. The smallest absolute Gasteiger partial charge is 0.246 e. The highest BCUT2D eigenvalue weighted by Crippen LogP contribution is 2.19. The molecule has 3 rings (SSSR count). The molecule has 0 fully saturated rings. The topological polar surface area (TPSA) is 67.2 Å². The zero-order valence-corrected chi connectivity index (χ0v) is 15.6. The van der Waals surface area contributed by atoms with Crippen LogP contribution in [-0.2, 0) is 23.2 Å². The molecule has 2 amide bonds. The summed E-state index contributed by atoms with van der Waals surface area (Å²) in [6, 6.07) is 13.8. The molecule has 0 aliphatic carbocycles. The van der Waals surface area contributed by atoms with Gasteiger partial charge in [-0.1, -0.05) is 18.2 Å². The number of aryl methyl sites for hydroxylation is 1. The molecular formula is C21H22N4O2. The van der Waals surface area contributed by atoms with E-state index in [1.54, 1.807) is 36.4 Å². The van der Waals surface area contributed by atoms with Crippen LogP contribution >= 0.6 is 0 Å². The molecule has 6 nitrogen and oxygen atoms in total. The van der Waals surface area contributed by atoms with Gasteiger partial charge in [0, 0.05) is 44.5 Å². The van der Waals surface area contributed by atoms with E-state index < -0.39 is 0 Å². The highest BCUT2D eigenvalue weighted by Gasteiger charge is 2.10. The Balaban J connectivity index is 1.65. The van der Waals surface area contributed by atoms with E-state index >= 15 is 0 Å². The number of carbonyl (C=O) groups excluding carboxylic acids is 2. The minimum atomic E-state index is -0.170. The first-order valence-corrected chi connectivity index (χ1v) is 8.64. The average molecular weight is 362 g/mol. The summed E-state index contributed by atoms with van der Waals surface area (Å²) in [5, 5.41) is 3.77. The van der Waals surface area contributed by atoms with Gasteiger partial charge >= 0.3 is 0 Å². The van der Waals surface area contributed by atoms with Crippen molar-refractivity contribution in [3.63, 3.8) is 0 Å². The van der Waals surface area contributed by atoms with Crippen LogP contribution in [0.2, 0.25) is 0 Å². The predicted octanol–water partition coefficient (Wildman–Crippen LogP) is 3.20. The number of nitrogens with zero attached hydrogens (tertiary/aromatic N) is 3. The number of nitrogens with one attached hydrogen (secondary N) is 1. The number of hydrogen-bond donors (Lipinski definition) is 1. The normalized spacial score (nSPS) is 11.1. The monoisotopic (exact) mass is 362 g/mol. The summed E-state index contributed by atoms with van der Waals surface area (Å²) in [7, 11) is 3.79. The second-order valence-corrected chi connectivity index (χ2v) is 6.44. The molecule has 6 heteroatoms. The van der Waals surface area contributed by atoms with Crippen molar-refractivity contribution in [3.05, 3.63) is 66.0 Å². The molecule has 0 aliphatic rings. The molecule has 3 aromatic rings. The van der Waals surface area contributed by atoms with Gasteiger partial charge in [-0.15, -0.1) is 0 Å². The molecule has 0 aliphatic heterocycles. The van der Waals surface area contributed by atoms with Crippen molar-refractivity contribution in [3.8, 4) is 0 Å². The zero-order chi connectivity index (χ0) is 19.4. The minimum absolute atomic E-state index is 0.0915. The Morgan fingerprint density at radius 1 is 1.22 bits per heavy atom. The third-order valence-corrected chi connectivity index (χ3v) is 4.34. The van der Waals surface area contributed by atoms with Crippen molar-refractivity contribution in [1.82, 2.24) is 14.5 Å². The molecule has 1 N–H and O–H groups in total. The maximum absolute atomic E-state index is 12.4. The lowest BCUT2D eigenvalue weighted by Gasteiger charge is -2.15. The van der Waals surface area contributed by atoms with Gasteiger partial charge in [0.15, 0.2) is 0 Å². The molecule has 0 spiro atoms. The molecule has 138 valence electrons. The van der Waals surface area contributed by atoms with Gasteiger partial charge in [0.25, 0.3) is 0 Å². The van der Waals surface area contributed by atoms with Crippen LogP contribution in [0.3, 0.4) is 0 Å². The van der Waals surface area contributed by atoms with Gasteiger partial charge in [-0.25, -0.2) is 4.98 Å². The van der Waals surface area contributed by atoms with Gasteiger partial charge < -0.3 is 14.8 Å². The van der Waals surface area contributed by atoms with Gasteiger partial charge in [0.05, 0.1) is 6.54 Å². The first-order chi connectivity index (χ1) is 12.9. The number of hydrogen-bond acceptors (Lipinski definition) is 3. The van der Waals surface area contributed by atoms with E-state index in [4.69, 9.17) is 0 Å². The Morgan fingerprint density at radius 3 is 2.67 bits per heavy atom. The average Bonchev–Trinajstić information content (AvgIpc) is 2.96. The van der Waals surface area contributed by atoms with Crippen molar-refractivity contribution in [1.29, 1.82) is 0 Å². The summed E-state index contributed by atoms with van der Waals surface area (Å²) in [6.45, 7) is 1.95. The van der Waals surface area contributed by atoms with E-state index in [0.717, 1.165) is 22.2 Å². The lowest BCUT2D eigenvalue weighted by atomic mass is 10.2. The molecule has 0 radical (unpaired) electrons. The molecule has 0 atom stereocenters. The summed E-state index contributed by atoms with van der Waals surface area (Å²) >= 11 is 0. The van der Waals surface area contributed by atoms with Gasteiger partial charge in [-0.2, -0.15) is 0 Å². The molecule has 0 saturated heterocycles. The number of aromatic nitrogens is 2. The van der Waals surface area contributed by atoms with Gasteiger partial charge in [-0.05, 0) is 41.3 Å². The Morgan fingerprint density at radius 2 is 2.00 bits per heavy atom. The van der Waals surface area contributed by atoms with Crippen LogP contribution in [0, 0.1) is 0 Å². The number of amides is 2. The maximum atomic E-state index is 12.4. The fourth-order valence-electron chi connectivity index (χ4n) is 2.87. The summed E-state index contributed by atoms with van der Waals surface area (Å²) in [4.78, 5) is 29.2. The van der Waals surface area contributed by atoms with Crippen LogP contribution < -0.4 is 5.32 Å². The van der Waals surface area contributed by atoms with Crippen LogP contribution in [0.4, 0.5) is 5.82 Å². The molecule has 1 aromatic carbocycles. The second kappa shape index (κ2) is 7.86. The zero-order valence-electron chi connectivity index (χ0n) is 15.6. The number of carbonyl (C=O) groups is 2. The number of anilines is 1. The van der Waals surface area contributed by atoms with Crippen LogP contribution in [0.1, 0.15) is 18.2 Å². The van der Waals surface area contributed by atoms with Crippen LogP contribution in [0.25, 0.3) is 17.0 Å². The first kappa shape index (κ1) is 18.4. The standard InChI is InChI=1S/C21H22N4O2/c1-15(26)23-20-10-8-16(13-22-20)9-11-21(27)24(2)14-18-12-17-6-4-5-7-19(17)25(18)3/h4-13H,14H2,1-3H3,(H,22,23,26)/b11-9+. The Hall–Kier alpha value is -3.41. The second-order valence-electron chi connectivity index (χ2n) is 6.44. The van der Waals surface area contributed by atoms with Crippen LogP contribution in [-0.4, -0.2) is 33.3 Å². The number of likely N-dealkylation sites (N-methyl/N-ethyl adjacent to an activating group) is 1. The molecule has 0 bridgehead atoms. The summed E-state index contributed by atoms with van der Waals surface area (Å²) < 4.78 is 2.10. The Labute approximate surface area is 158 Å². The number of fused-ring (bicyclic) bond motifs is 1. The number of para-hydroxylation sites is 1. The predicted molar refractivity (Wildman–Crippen MR) is 107 cm³/mol. The van der Waals surface area contributed by atoms with E-state index in [1.807, 2.05) is 19.2 Å². The Kier molecular flexibility index (Phi) is 5.35. The first-order valence-electron chi connectivity index (χ1n) is 8.64. The van der Waals surface area contributed by atoms with Gasteiger partial charge in [0.1, 0.15) is 5.82 Å². The Bertz CT molecular complexity index is 1000. The van der Waals surface area contributed by atoms with E-state index in [-0.39, 0.29) is 11.8 Å². The fourth-order valence-corrected chi connectivity index (χ4v) is 2.87. The van der Waals surface area contributed by atoms with Crippen molar-refractivity contribution < 1.29 is 9.59 Å².